The highest BCUT2D eigenvalue weighted by Gasteiger charge is 2.37. The quantitative estimate of drug-likeness (QED) is 0.758. The van der Waals surface area contributed by atoms with Crippen molar-refractivity contribution in [3.63, 3.8) is 0 Å². The highest BCUT2D eigenvalue weighted by atomic mass is 32.1. The average molecular weight is 238 g/mol. The Bertz CT molecular complexity index is 401. The summed E-state index contributed by atoms with van der Waals surface area (Å²) in [4.78, 5) is 0. The summed E-state index contributed by atoms with van der Waals surface area (Å²) in [5.41, 5.74) is 1.14. The summed E-state index contributed by atoms with van der Waals surface area (Å²) < 4.78 is 16.3. The van der Waals surface area contributed by atoms with Gasteiger partial charge in [0.25, 0.3) is 0 Å². The lowest BCUT2D eigenvalue weighted by molar-refractivity contribution is -0.00978. The smallest absolute Gasteiger partial charge is 0.161 e. The first kappa shape index (κ1) is 10.3. The van der Waals surface area contributed by atoms with E-state index in [-0.39, 0.29) is 4.75 Å². The van der Waals surface area contributed by atoms with Crippen LogP contribution in [0.25, 0.3) is 0 Å². The zero-order valence-electron chi connectivity index (χ0n) is 8.94. The Morgan fingerprint density at radius 3 is 2.50 bits per heavy atom. The van der Waals surface area contributed by atoms with E-state index in [1.165, 1.54) is 0 Å². The summed E-state index contributed by atoms with van der Waals surface area (Å²) in [6.45, 7) is 2.76. The second kappa shape index (κ2) is 3.86. The van der Waals surface area contributed by atoms with Crippen LogP contribution in [0.15, 0.2) is 18.2 Å². The summed E-state index contributed by atoms with van der Waals surface area (Å²) in [6.07, 6.45) is 0.930. The maximum Gasteiger partial charge on any atom is 0.161 e. The Balaban J connectivity index is 1.94. The van der Waals surface area contributed by atoms with Crippen LogP contribution in [-0.4, -0.2) is 26.4 Å². The Morgan fingerprint density at radius 1 is 1.06 bits per heavy atom. The molecule has 3 nitrogen and oxygen atoms in total. The fraction of sp³-hybridized carbons (Fsp3) is 0.500. The van der Waals surface area contributed by atoms with Crippen LogP contribution < -0.4 is 9.47 Å². The van der Waals surface area contributed by atoms with E-state index >= 15 is 0 Å². The normalized spacial score (nSPS) is 22.1. The van der Waals surface area contributed by atoms with Gasteiger partial charge in [0.1, 0.15) is 0 Å². The van der Waals surface area contributed by atoms with Gasteiger partial charge >= 0.3 is 0 Å². The molecule has 0 bridgehead atoms. The summed E-state index contributed by atoms with van der Waals surface area (Å²) in [6, 6.07) is 6.03. The molecule has 2 aliphatic heterocycles. The van der Waals surface area contributed by atoms with E-state index in [0.29, 0.717) is 19.8 Å². The van der Waals surface area contributed by atoms with Crippen molar-refractivity contribution in [1.82, 2.24) is 0 Å². The van der Waals surface area contributed by atoms with Gasteiger partial charge in [-0.05, 0) is 17.7 Å². The lowest BCUT2D eigenvalue weighted by atomic mass is 9.96. The minimum absolute atomic E-state index is 0.148. The molecule has 3 rings (SSSR count). The molecule has 2 aliphatic rings. The third-order valence-electron chi connectivity index (χ3n) is 2.97. The van der Waals surface area contributed by atoms with Gasteiger partial charge in [0.2, 0.25) is 0 Å². The van der Waals surface area contributed by atoms with Crippen LogP contribution >= 0.6 is 12.6 Å². The van der Waals surface area contributed by atoms with Crippen molar-refractivity contribution in [3.8, 4) is 11.5 Å². The molecule has 1 fully saturated rings. The SMILES string of the molecule is SC1(c2ccc3c(c2)OCCCO3)COC1. The predicted octanol–water partition coefficient (Wildman–Crippen LogP) is 2.00. The van der Waals surface area contributed by atoms with E-state index in [4.69, 9.17) is 14.2 Å². The average Bonchev–Trinajstić information content (AvgIpc) is 2.49. The molecule has 4 heteroatoms. The predicted molar refractivity (Wildman–Crippen MR) is 63.5 cm³/mol. The van der Waals surface area contributed by atoms with Crippen molar-refractivity contribution < 1.29 is 14.2 Å². The van der Waals surface area contributed by atoms with Gasteiger partial charge in [-0.3, -0.25) is 0 Å². The van der Waals surface area contributed by atoms with E-state index in [1.54, 1.807) is 0 Å². The molecule has 0 aliphatic carbocycles. The molecule has 1 aromatic carbocycles. The van der Waals surface area contributed by atoms with Gasteiger partial charge < -0.3 is 14.2 Å². The molecule has 0 N–H and O–H groups in total. The van der Waals surface area contributed by atoms with E-state index in [1.807, 2.05) is 18.2 Å². The molecule has 1 saturated heterocycles. The Hall–Kier alpha value is -0.870. The molecule has 1 aromatic rings. The summed E-state index contributed by atoms with van der Waals surface area (Å²) in [5.74, 6) is 1.66. The number of ether oxygens (including phenoxy) is 3. The second-order valence-corrected chi connectivity index (χ2v) is 5.09. The molecule has 0 aromatic heterocycles. The third-order valence-corrected chi connectivity index (χ3v) is 3.48. The van der Waals surface area contributed by atoms with Crippen molar-refractivity contribution in [2.24, 2.45) is 0 Å². The fourth-order valence-electron chi connectivity index (χ4n) is 1.91. The lowest BCUT2D eigenvalue weighted by Crippen LogP contribution is -2.41. The maximum atomic E-state index is 5.65. The molecule has 16 heavy (non-hydrogen) atoms. The second-order valence-electron chi connectivity index (χ2n) is 4.24. The minimum Gasteiger partial charge on any atom is -0.490 e. The molecule has 0 radical (unpaired) electrons. The Labute approximate surface area is 100 Å². The van der Waals surface area contributed by atoms with E-state index in [2.05, 4.69) is 12.6 Å². The van der Waals surface area contributed by atoms with Crippen LogP contribution in [0, 0.1) is 0 Å². The highest BCUT2D eigenvalue weighted by molar-refractivity contribution is 7.81. The van der Waals surface area contributed by atoms with Crippen LogP contribution in [-0.2, 0) is 9.48 Å². The van der Waals surface area contributed by atoms with Crippen molar-refractivity contribution in [2.45, 2.75) is 11.2 Å². The highest BCUT2D eigenvalue weighted by Crippen LogP contribution is 2.40. The molecule has 0 unspecified atom stereocenters. The number of hydrogen-bond donors (Lipinski definition) is 1. The largest absolute Gasteiger partial charge is 0.490 e. The van der Waals surface area contributed by atoms with Crippen molar-refractivity contribution >= 4 is 12.6 Å². The first-order valence-electron chi connectivity index (χ1n) is 5.48. The van der Waals surface area contributed by atoms with Crippen LogP contribution in [0.3, 0.4) is 0 Å². The Morgan fingerprint density at radius 2 is 1.81 bits per heavy atom. The van der Waals surface area contributed by atoms with Crippen LogP contribution in [0.5, 0.6) is 11.5 Å². The van der Waals surface area contributed by atoms with Crippen molar-refractivity contribution in [1.29, 1.82) is 0 Å². The standard InChI is InChI=1S/C12H14O3S/c16-12(7-13-8-12)9-2-3-10-11(6-9)15-5-1-4-14-10/h2-3,6,16H,1,4-5,7-8H2. The lowest BCUT2D eigenvalue weighted by Gasteiger charge is -2.37. The van der Waals surface area contributed by atoms with Gasteiger partial charge in [-0.25, -0.2) is 0 Å². The topological polar surface area (TPSA) is 27.7 Å². The molecule has 2 heterocycles. The summed E-state index contributed by atoms with van der Waals surface area (Å²) in [5, 5.41) is 0. The van der Waals surface area contributed by atoms with Crippen LogP contribution in [0.2, 0.25) is 0 Å². The number of rotatable bonds is 1. The molecular weight excluding hydrogens is 224 g/mol. The van der Waals surface area contributed by atoms with E-state index in [9.17, 15) is 0 Å². The molecule has 0 spiro atoms. The molecule has 0 amide bonds. The molecular formula is C12H14O3S. The maximum absolute atomic E-state index is 5.65. The summed E-state index contributed by atoms with van der Waals surface area (Å²) in [7, 11) is 0. The van der Waals surface area contributed by atoms with Gasteiger partial charge in [-0.1, -0.05) is 6.07 Å². The van der Waals surface area contributed by atoms with Gasteiger partial charge in [-0.2, -0.15) is 12.6 Å². The van der Waals surface area contributed by atoms with Gasteiger partial charge in [0, 0.05) is 6.42 Å². The fourth-order valence-corrected chi connectivity index (χ4v) is 2.24. The molecule has 86 valence electrons. The van der Waals surface area contributed by atoms with Gasteiger partial charge in [-0.15, -0.1) is 0 Å². The van der Waals surface area contributed by atoms with Gasteiger partial charge in [0.15, 0.2) is 11.5 Å². The van der Waals surface area contributed by atoms with Gasteiger partial charge in [0.05, 0.1) is 31.2 Å². The van der Waals surface area contributed by atoms with E-state index < -0.39 is 0 Å². The van der Waals surface area contributed by atoms with Crippen molar-refractivity contribution in [2.75, 3.05) is 26.4 Å². The number of hydrogen-bond acceptors (Lipinski definition) is 4. The zero-order valence-corrected chi connectivity index (χ0v) is 9.83. The molecule has 0 saturated carbocycles. The Kier molecular flexibility index (Phi) is 2.48. The van der Waals surface area contributed by atoms with Crippen LogP contribution in [0.4, 0.5) is 0 Å². The third kappa shape index (κ3) is 1.66. The number of benzene rings is 1. The molecule has 0 atom stereocenters. The van der Waals surface area contributed by atoms with Crippen LogP contribution in [0.1, 0.15) is 12.0 Å². The summed E-state index contributed by atoms with van der Waals surface area (Å²) >= 11 is 4.64. The number of thiol groups is 1. The van der Waals surface area contributed by atoms with E-state index in [0.717, 1.165) is 30.1 Å². The number of fused-ring (bicyclic) bond motifs is 1. The first-order chi connectivity index (χ1) is 7.78. The first-order valence-corrected chi connectivity index (χ1v) is 5.93. The zero-order chi connectivity index (χ0) is 11.0. The monoisotopic (exact) mass is 238 g/mol. The van der Waals surface area contributed by atoms with Crippen molar-refractivity contribution in [3.05, 3.63) is 23.8 Å². The minimum atomic E-state index is -0.148.